The zero-order valence-corrected chi connectivity index (χ0v) is 20.8. The molecule has 1 aliphatic carbocycles. The summed E-state index contributed by atoms with van der Waals surface area (Å²) in [5.41, 5.74) is 11.2. The lowest BCUT2D eigenvalue weighted by molar-refractivity contribution is 0.769. The zero-order valence-electron chi connectivity index (χ0n) is 20.0. The molecule has 0 heterocycles. The van der Waals surface area contributed by atoms with Crippen LogP contribution < -0.4 is 5.32 Å². The quantitative estimate of drug-likeness (QED) is 0.254. The van der Waals surface area contributed by atoms with E-state index in [0.717, 1.165) is 5.69 Å². The van der Waals surface area contributed by atoms with Crippen molar-refractivity contribution in [2.45, 2.75) is 10.3 Å². The molecular formula is C33H27NS. The molecule has 5 aromatic rings. The van der Waals surface area contributed by atoms with Crippen molar-refractivity contribution < 1.29 is 0 Å². The van der Waals surface area contributed by atoms with Crippen LogP contribution in [0.1, 0.15) is 22.3 Å². The van der Waals surface area contributed by atoms with Crippen molar-refractivity contribution >= 4 is 17.4 Å². The summed E-state index contributed by atoms with van der Waals surface area (Å²) in [7, 11) is 1.98. The molecule has 1 aliphatic rings. The van der Waals surface area contributed by atoms with Crippen LogP contribution in [0.5, 0.6) is 0 Å². The maximum absolute atomic E-state index is 3.31. The number of thioether (sulfide) groups is 1. The van der Waals surface area contributed by atoms with Crippen LogP contribution in [0.4, 0.5) is 5.69 Å². The Hall–Kier alpha value is -3.75. The number of rotatable bonds is 5. The minimum Gasteiger partial charge on any atom is -0.387 e. The molecule has 0 amide bonds. The molecule has 35 heavy (non-hydrogen) atoms. The third-order valence-electron chi connectivity index (χ3n) is 7.26. The Bertz CT molecular complexity index is 1470. The third kappa shape index (κ3) is 3.32. The molecule has 0 aliphatic heterocycles. The number of fused-ring (bicyclic) bond motifs is 3. The Kier molecular flexibility index (Phi) is 5.47. The summed E-state index contributed by atoms with van der Waals surface area (Å²) < 4.78 is 0. The van der Waals surface area contributed by atoms with Gasteiger partial charge in [0.15, 0.2) is 0 Å². The van der Waals surface area contributed by atoms with Gasteiger partial charge in [-0.1, -0.05) is 103 Å². The van der Waals surface area contributed by atoms with Crippen molar-refractivity contribution in [3.63, 3.8) is 0 Å². The molecule has 0 radical (unpaired) electrons. The average molecular weight is 470 g/mol. The van der Waals surface area contributed by atoms with Gasteiger partial charge >= 0.3 is 0 Å². The van der Waals surface area contributed by atoms with Gasteiger partial charge in [-0.05, 0) is 69.0 Å². The van der Waals surface area contributed by atoms with Crippen LogP contribution in [0.25, 0.3) is 22.3 Å². The number of hydrogen-bond donors (Lipinski definition) is 1. The van der Waals surface area contributed by atoms with Gasteiger partial charge < -0.3 is 5.32 Å². The van der Waals surface area contributed by atoms with E-state index in [9.17, 15) is 0 Å². The fraction of sp³-hybridized carbons (Fsp3) is 0.0909. The molecule has 0 saturated carbocycles. The van der Waals surface area contributed by atoms with Crippen molar-refractivity contribution in [2.75, 3.05) is 18.6 Å². The Balaban J connectivity index is 1.67. The van der Waals surface area contributed by atoms with Crippen LogP contribution in [0, 0.1) is 0 Å². The van der Waals surface area contributed by atoms with Gasteiger partial charge in [0, 0.05) is 17.6 Å². The summed E-state index contributed by atoms with van der Waals surface area (Å²) in [6, 6.07) is 44.6. The Labute approximate surface area is 211 Å². The van der Waals surface area contributed by atoms with Crippen molar-refractivity contribution in [1.82, 2.24) is 0 Å². The van der Waals surface area contributed by atoms with Crippen molar-refractivity contribution in [1.29, 1.82) is 0 Å². The second-order valence-corrected chi connectivity index (χ2v) is 9.80. The average Bonchev–Trinajstić information content (AvgIpc) is 3.24. The second kappa shape index (κ2) is 8.79. The number of nitrogens with one attached hydrogen (secondary N) is 1. The Morgan fingerprint density at radius 3 is 1.80 bits per heavy atom. The van der Waals surface area contributed by atoms with E-state index in [2.05, 4.69) is 133 Å². The number of anilines is 1. The zero-order chi connectivity index (χ0) is 23.8. The van der Waals surface area contributed by atoms with Crippen LogP contribution in [-0.4, -0.2) is 13.3 Å². The lowest BCUT2D eigenvalue weighted by Gasteiger charge is -2.34. The van der Waals surface area contributed by atoms with Crippen molar-refractivity contribution in [2.24, 2.45) is 0 Å². The summed E-state index contributed by atoms with van der Waals surface area (Å²) in [5, 5.41) is 3.31. The first-order valence-electron chi connectivity index (χ1n) is 12.0. The summed E-state index contributed by atoms with van der Waals surface area (Å²) in [6.45, 7) is 0. The molecule has 0 unspecified atom stereocenters. The van der Waals surface area contributed by atoms with Gasteiger partial charge in [0.2, 0.25) is 0 Å². The first-order valence-corrected chi connectivity index (χ1v) is 13.2. The molecule has 2 heteroatoms. The topological polar surface area (TPSA) is 12.0 Å². The van der Waals surface area contributed by atoms with E-state index >= 15 is 0 Å². The Morgan fingerprint density at radius 2 is 1.14 bits per heavy atom. The van der Waals surface area contributed by atoms with E-state index in [-0.39, 0.29) is 5.41 Å². The van der Waals surface area contributed by atoms with E-state index < -0.39 is 0 Å². The summed E-state index contributed by atoms with van der Waals surface area (Å²) >= 11 is 1.78. The normalized spacial score (nSPS) is 13.2. The van der Waals surface area contributed by atoms with Crippen LogP contribution in [0.2, 0.25) is 0 Å². The smallest absolute Gasteiger partial charge is 0.0713 e. The summed E-state index contributed by atoms with van der Waals surface area (Å²) in [6.07, 6.45) is 2.13. The second-order valence-electron chi connectivity index (χ2n) is 8.95. The predicted octanol–water partition coefficient (Wildman–Crippen LogP) is 8.48. The largest absolute Gasteiger partial charge is 0.387 e. The highest BCUT2D eigenvalue weighted by atomic mass is 32.2. The SMILES string of the molecule is CNc1ccc(-c2ccc3c(c2)C(c2ccccc2)(c2ccccc2)c2ccccc2-3)cc1SC. The van der Waals surface area contributed by atoms with Crippen LogP contribution in [0.15, 0.2) is 126 Å². The number of hydrogen-bond acceptors (Lipinski definition) is 2. The molecule has 0 atom stereocenters. The molecule has 1 N–H and O–H groups in total. The minimum atomic E-state index is -0.363. The molecule has 6 rings (SSSR count). The predicted molar refractivity (Wildman–Crippen MR) is 151 cm³/mol. The summed E-state index contributed by atoms with van der Waals surface area (Å²) in [5.74, 6) is 0. The van der Waals surface area contributed by atoms with Gasteiger partial charge in [-0.2, -0.15) is 0 Å². The number of benzene rings is 5. The van der Waals surface area contributed by atoms with Gasteiger partial charge in [-0.15, -0.1) is 11.8 Å². The fourth-order valence-corrected chi connectivity index (χ4v) is 6.34. The highest BCUT2D eigenvalue weighted by Crippen LogP contribution is 2.56. The summed E-state index contributed by atoms with van der Waals surface area (Å²) in [4.78, 5) is 1.26. The van der Waals surface area contributed by atoms with Gasteiger partial charge in [0.25, 0.3) is 0 Å². The van der Waals surface area contributed by atoms with E-state index in [0.29, 0.717) is 0 Å². The highest BCUT2D eigenvalue weighted by molar-refractivity contribution is 7.98. The molecule has 170 valence electrons. The maximum Gasteiger partial charge on any atom is 0.0713 e. The highest BCUT2D eigenvalue weighted by Gasteiger charge is 2.45. The monoisotopic (exact) mass is 469 g/mol. The first-order chi connectivity index (χ1) is 17.3. The molecule has 0 aromatic heterocycles. The van der Waals surface area contributed by atoms with E-state index in [1.807, 2.05) is 7.05 Å². The molecule has 1 nitrogen and oxygen atoms in total. The molecule has 0 saturated heterocycles. The standard InChI is InChI=1S/C33H27NS/c1-34-31-20-18-24(22-32(31)35-2)23-17-19-28-27-15-9-10-16-29(27)33(30(28)21-23,25-11-5-3-6-12-25)26-13-7-4-8-14-26/h3-22,34H,1-2H3. The third-order valence-corrected chi connectivity index (χ3v) is 8.04. The van der Waals surface area contributed by atoms with Gasteiger partial charge in [0.1, 0.15) is 0 Å². The lowest BCUT2D eigenvalue weighted by atomic mass is 9.67. The molecule has 5 aromatic carbocycles. The molecule has 0 fully saturated rings. The van der Waals surface area contributed by atoms with E-state index in [1.54, 1.807) is 11.8 Å². The molecular weight excluding hydrogens is 442 g/mol. The Morgan fingerprint density at radius 1 is 0.571 bits per heavy atom. The van der Waals surface area contributed by atoms with Crippen molar-refractivity contribution in [3.05, 3.63) is 144 Å². The maximum atomic E-state index is 3.31. The van der Waals surface area contributed by atoms with Gasteiger partial charge in [0.05, 0.1) is 5.41 Å². The molecule has 0 spiro atoms. The minimum absolute atomic E-state index is 0.363. The van der Waals surface area contributed by atoms with Crippen LogP contribution in [0.3, 0.4) is 0 Å². The lowest BCUT2D eigenvalue weighted by Crippen LogP contribution is -2.28. The van der Waals surface area contributed by atoms with Gasteiger partial charge in [-0.3, -0.25) is 0 Å². The van der Waals surface area contributed by atoms with Gasteiger partial charge in [-0.25, -0.2) is 0 Å². The molecule has 0 bridgehead atoms. The van der Waals surface area contributed by atoms with Crippen molar-refractivity contribution in [3.8, 4) is 22.3 Å². The van der Waals surface area contributed by atoms with E-state index in [1.165, 1.54) is 49.4 Å². The van der Waals surface area contributed by atoms with Crippen LogP contribution >= 0.6 is 11.8 Å². The fourth-order valence-electron chi connectivity index (χ4n) is 5.70. The first kappa shape index (κ1) is 21.8. The van der Waals surface area contributed by atoms with Crippen LogP contribution in [-0.2, 0) is 5.41 Å². The van der Waals surface area contributed by atoms with E-state index in [4.69, 9.17) is 0 Å².